The first-order chi connectivity index (χ1) is 21.0. The van der Waals surface area contributed by atoms with E-state index in [0.717, 1.165) is 12.1 Å². The molecule has 0 aromatic heterocycles. The quantitative estimate of drug-likeness (QED) is 0.182. The zero-order valence-corrected chi connectivity index (χ0v) is 23.5. The number of phenolic OH excluding ortho intramolecular Hbond substituents is 6. The maximum Gasteiger partial charge on any atom is 0.176 e. The van der Waals surface area contributed by atoms with Crippen LogP contribution in [0.25, 0.3) is 0 Å². The predicted molar refractivity (Wildman–Crippen MR) is 153 cm³/mol. The number of carbonyl (C=O) groups excluding carboxylic acids is 2. The highest BCUT2D eigenvalue weighted by Crippen LogP contribution is 2.49. The molecule has 0 spiro atoms. The number of ketones is 2. The Kier molecular flexibility index (Phi) is 7.99. The van der Waals surface area contributed by atoms with Crippen LogP contribution < -0.4 is 18.9 Å². The Labute approximate surface area is 250 Å². The molecule has 2 atom stereocenters. The molecule has 2 aliphatic heterocycles. The lowest BCUT2D eigenvalue weighted by Crippen LogP contribution is -2.21. The number of rotatable bonds is 4. The molecular weight excluding hydrogens is 576 g/mol. The average molecular weight is 605 g/mol. The topological polar surface area (TPSA) is 192 Å². The second kappa shape index (κ2) is 11.8. The van der Waals surface area contributed by atoms with Gasteiger partial charge in [-0.25, -0.2) is 0 Å². The number of ether oxygens (including phenoxy) is 4. The third kappa shape index (κ3) is 5.64. The highest BCUT2D eigenvalue weighted by Gasteiger charge is 2.35. The van der Waals surface area contributed by atoms with E-state index in [9.17, 15) is 40.2 Å². The molecule has 0 saturated heterocycles. The molecule has 4 aromatic rings. The summed E-state index contributed by atoms with van der Waals surface area (Å²) in [7, 11) is 2.76. The van der Waals surface area contributed by atoms with Crippen LogP contribution in [-0.2, 0) is 0 Å². The van der Waals surface area contributed by atoms with Crippen molar-refractivity contribution in [1.29, 1.82) is 0 Å². The number of benzene rings is 4. The van der Waals surface area contributed by atoms with Crippen molar-refractivity contribution in [2.75, 3.05) is 14.2 Å². The molecule has 12 heteroatoms. The lowest BCUT2D eigenvalue weighted by Gasteiger charge is -2.27. The van der Waals surface area contributed by atoms with Crippen molar-refractivity contribution in [3.8, 4) is 57.5 Å². The van der Waals surface area contributed by atoms with Crippen LogP contribution in [0.4, 0.5) is 0 Å². The number of phenols is 6. The molecule has 2 heterocycles. The van der Waals surface area contributed by atoms with Crippen LogP contribution in [0.5, 0.6) is 57.5 Å². The van der Waals surface area contributed by atoms with Crippen molar-refractivity contribution in [1.82, 2.24) is 0 Å². The van der Waals surface area contributed by atoms with Gasteiger partial charge in [0.1, 0.15) is 46.3 Å². The molecule has 0 fully saturated rings. The lowest BCUT2D eigenvalue weighted by atomic mass is 9.95. The van der Waals surface area contributed by atoms with E-state index in [-0.39, 0.29) is 87.3 Å². The summed E-state index contributed by atoms with van der Waals surface area (Å²) in [6.07, 6.45) is -1.21. The molecule has 2 aliphatic rings. The second-order valence-electron chi connectivity index (χ2n) is 9.98. The second-order valence-corrected chi connectivity index (χ2v) is 9.98. The number of methoxy groups -OCH3 is 2. The van der Waals surface area contributed by atoms with E-state index in [1.165, 1.54) is 38.5 Å². The number of carbonyl (C=O) groups is 2. The van der Waals surface area contributed by atoms with E-state index in [1.807, 2.05) is 0 Å². The Balaban J connectivity index is 0.000000175. The molecular formula is C32H28O12. The van der Waals surface area contributed by atoms with Crippen LogP contribution in [-0.4, -0.2) is 56.4 Å². The van der Waals surface area contributed by atoms with Gasteiger partial charge in [0.2, 0.25) is 0 Å². The Morgan fingerprint density at radius 3 is 1.98 bits per heavy atom. The Morgan fingerprint density at radius 2 is 1.32 bits per heavy atom. The van der Waals surface area contributed by atoms with Gasteiger partial charge in [0.15, 0.2) is 46.1 Å². The predicted octanol–water partition coefficient (Wildman–Crippen LogP) is 5.04. The van der Waals surface area contributed by atoms with Crippen molar-refractivity contribution < 1.29 is 59.2 Å². The average Bonchev–Trinajstić information content (AvgIpc) is 2.97. The summed E-state index contributed by atoms with van der Waals surface area (Å²) < 4.78 is 21.4. The first kappa shape index (κ1) is 29.7. The van der Waals surface area contributed by atoms with Gasteiger partial charge >= 0.3 is 0 Å². The van der Waals surface area contributed by atoms with Gasteiger partial charge in [-0.05, 0) is 35.4 Å². The fourth-order valence-corrected chi connectivity index (χ4v) is 5.08. The number of Topliss-reactive ketones (excluding diaryl/α,β-unsaturated/α-hetero) is 2. The highest BCUT2D eigenvalue weighted by molar-refractivity contribution is 6.04. The van der Waals surface area contributed by atoms with Crippen molar-refractivity contribution in [2.24, 2.45) is 0 Å². The minimum absolute atomic E-state index is 0.00963. The first-order valence-electron chi connectivity index (χ1n) is 13.2. The fraction of sp³-hybridized carbons (Fsp3) is 0.188. The Bertz CT molecular complexity index is 1760. The van der Waals surface area contributed by atoms with Crippen molar-refractivity contribution in [3.05, 3.63) is 82.9 Å². The maximum absolute atomic E-state index is 12.4. The van der Waals surface area contributed by atoms with E-state index < -0.39 is 12.2 Å². The Morgan fingerprint density at radius 1 is 0.636 bits per heavy atom. The normalized spacial score (nSPS) is 16.8. The van der Waals surface area contributed by atoms with E-state index in [4.69, 9.17) is 18.9 Å². The number of aromatic hydroxyl groups is 6. The molecule has 0 unspecified atom stereocenters. The molecule has 0 radical (unpaired) electrons. The van der Waals surface area contributed by atoms with Gasteiger partial charge in [0.05, 0.1) is 27.1 Å². The highest BCUT2D eigenvalue weighted by atomic mass is 16.5. The van der Waals surface area contributed by atoms with Crippen LogP contribution in [0, 0.1) is 0 Å². The zero-order valence-electron chi connectivity index (χ0n) is 23.5. The molecule has 6 rings (SSSR count). The van der Waals surface area contributed by atoms with Crippen molar-refractivity contribution in [2.45, 2.75) is 25.0 Å². The van der Waals surface area contributed by atoms with Gasteiger partial charge in [0.25, 0.3) is 0 Å². The van der Waals surface area contributed by atoms with Gasteiger partial charge in [-0.1, -0.05) is 18.2 Å². The summed E-state index contributed by atoms with van der Waals surface area (Å²) in [5.74, 6) is -1.39. The maximum atomic E-state index is 12.4. The van der Waals surface area contributed by atoms with Crippen LogP contribution in [0.15, 0.2) is 60.7 Å². The minimum atomic E-state index is -0.632. The van der Waals surface area contributed by atoms with Crippen LogP contribution in [0.3, 0.4) is 0 Å². The molecule has 0 saturated carbocycles. The first-order valence-corrected chi connectivity index (χ1v) is 13.2. The number of hydrogen-bond donors (Lipinski definition) is 6. The summed E-state index contributed by atoms with van der Waals surface area (Å²) in [5, 5.41) is 58.3. The summed E-state index contributed by atoms with van der Waals surface area (Å²) in [5.41, 5.74) is 1.30. The van der Waals surface area contributed by atoms with Gasteiger partial charge in [-0.3, -0.25) is 9.59 Å². The monoisotopic (exact) mass is 604 g/mol. The smallest absolute Gasteiger partial charge is 0.176 e. The van der Waals surface area contributed by atoms with Gasteiger partial charge < -0.3 is 49.6 Å². The summed E-state index contributed by atoms with van der Waals surface area (Å²) in [6.45, 7) is 0. The van der Waals surface area contributed by atoms with Gasteiger partial charge in [0, 0.05) is 18.2 Å². The number of fused-ring (bicyclic) bond motifs is 2. The van der Waals surface area contributed by atoms with Gasteiger partial charge in [-0.2, -0.15) is 0 Å². The van der Waals surface area contributed by atoms with Crippen LogP contribution >= 0.6 is 0 Å². The van der Waals surface area contributed by atoms with E-state index in [2.05, 4.69) is 0 Å². The lowest BCUT2D eigenvalue weighted by molar-refractivity contribution is 0.0829. The van der Waals surface area contributed by atoms with E-state index >= 15 is 0 Å². The van der Waals surface area contributed by atoms with Crippen molar-refractivity contribution in [3.63, 3.8) is 0 Å². The van der Waals surface area contributed by atoms with E-state index in [0.29, 0.717) is 16.9 Å². The number of hydrogen-bond acceptors (Lipinski definition) is 12. The standard InChI is InChI=1S/2C16H14O6/c1-21-13-3-2-8(4-10(13)18)14-7-12(20)16-11(19)5-9(17)6-15(16)22-14;1-21-15-11(19)6-12(20)16-14(15)10(18)7-13(22-16)8-3-2-4-9(17)5-8/h2-6,14,17-19H,7H2,1H3;2-6,13,17,19-20H,7H2,1H3/t14-;13-/m01/s1. The third-order valence-corrected chi connectivity index (χ3v) is 7.11. The molecule has 0 bridgehead atoms. The molecule has 0 amide bonds. The largest absolute Gasteiger partial charge is 0.508 e. The molecule has 0 aliphatic carbocycles. The molecule has 228 valence electrons. The van der Waals surface area contributed by atoms with Crippen molar-refractivity contribution >= 4 is 11.6 Å². The minimum Gasteiger partial charge on any atom is -0.508 e. The molecule has 4 aromatic carbocycles. The van der Waals surface area contributed by atoms with Gasteiger partial charge in [-0.15, -0.1) is 0 Å². The third-order valence-electron chi connectivity index (χ3n) is 7.11. The molecule has 12 nitrogen and oxygen atoms in total. The Hall–Kier alpha value is -5.78. The SMILES string of the molecule is COc1c(O)cc(O)c2c1C(=O)C[C@H](c1cccc(O)c1)O2.COc1ccc([C@@H]2CC(=O)c3c(O)cc(O)cc3O2)cc1O. The summed E-state index contributed by atoms with van der Waals surface area (Å²) >= 11 is 0. The summed E-state index contributed by atoms with van der Waals surface area (Å²) in [4.78, 5) is 24.6. The van der Waals surface area contributed by atoms with Crippen LogP contribution in [0.2, 0.25) is 0 Å². The van der Waals surface area contributed by atoms with Crippen LogP contribution in [0.1, 0.15) is 56.9 Å². The molecule has 44 heavy (non-hydrogen) atoms. The molecule has 6 N–H and O–H groups in total. The summed E-state index contributed by atoms with van der Waals surface area (Å²) in [6, 6.07) is 14.5. The zero-order chi connectivity index (χ0) is 31.7. The fourth-order valence-electron chi connectivity index (χ4n) is 5.08. The van der Waals surface area contributed by atoms with E-state index in [1.54, 1.807) is 24.3 Å².